The molecule has 1 unspecified atom stereocenters. The van der Waals surface area contributed by atoms with Crippen LogP contribution in [-0.2, 0) is 0 Å². The molecular formula is C16H23FN2O2. The van der Waals surface area contributed by atoms with Crippen molar-refractivity contribution in [2.24, 2.45) is 5.92 Å². The minimum absolute atomic E-state index is 0.0484. The molecule has 1 saturated heterocycles. The maximum Gasteiger partial charge on any atom is 0.257 e. The summed E-state index contributed by atoms with van der Waals surface area (Å²) in [5, 5.41) is 13.1. The number of carbonyl (C=O) groups excluding carboxylic acids is 1. The maximum atomic E-state index is 13.3. The Morgan fingerprint density at radius 3 is 3.00 bits per heavy atom. The van der Waals surface area contributed by atoms with Crippen LogP contribution in [0.1, 0.15) is 36.5 Å². The van der Waals surface area contributed by atoms with Crippen molar-refractivity contribution in [3.05, 3.63) is 29.6 Å². The van der Waals surface area contributed by atoms with Gasteiger partial charge in [-0.1, -0.05) is 6.92 Å². The average Bonchev–Trinajstić information content (AvgIpc) is 2.49. The molecule has 1 fully saturated rings. The predicted molar refractivity (Wildman–Crippen MR) is 79.9 cm³/mol. The zero-order valence-electron chi connectivity index (χ0n) is 12.4. The molecule has 1 atom stereocenters. The Hall–Kier alpha value is -1.62. The van der Waals surface area contributed by atoms with E-state index in [4.69, 9.17) is 0 Å². The standard InChI is InChI=1S/C16H23FN2O2/c1-2-8-19(11-12-4-3-7-18-10-12)16(21)14-9-13(17)5-6-15(14)20/h5-6,9,12,18,20H,2-4,7-8,10-11H2,1H3. The van der Waals surface area contributed by atoms with Crippen LogP contribution >= 0.6 is 0 Å². The Balaban J connectivity index is 2.12. The molecule has 21 heavy (non-hydrogen) atoms. The molecule has 0 radical (unpaired) electrons. The Morgan fingerprint density at radius 1 is 1.52 bits per heavy atom. The smallest absolute Gasteiger partial charge is 0.257 e. The Bertz CT molecular complexity index is 487. The van der Waals surface area contributed by atoms with E-state index in [0.29, 0.717) is 19.0 Å². The van der Waals surface area contributed by atoms with Crippen molar-refractivity contribution in [2.45, 2.75) is 26.2 Å². The Labute approximate surface area is 125 Å². The van der Waals surface area contributed by atoms with Gasteiger partial charge in [-0.3, -0.25) is 4.79 Å². The SMILES string of the molecule is CCCN(CC1CCCNC1)C(=O)c1cc(F)ccc1O. The summed E-state index contributed by atoms with van der Waals surface area (Å²) in [4.78, 5) is 14.3. The lowest BCUT2D eigenvalue weighted by Gasteiger charge is -2.30. The van der Waals surface area contributed by atoms with Gasteiger partial charge in [0.2, 0.25) is 0 Å². The van der Waals surface area contributed by atoms with Crippen molar-refractivity contribution in [2.75, 3.05) is 26.2 Å². The number of rotatable bonds is 5. The summed E-state index contributed by atoms with van der Waals surface area (Å²) in [6.07, 6.45) is 3.04. The van der Waals surface area contributed by atoms with Crippen molar-refractivity contribution in [3.63, 3.8) is 0 Å². The summed E-state index contributed by atoms with van der Waals surface area (Å²) < 4.78 is 13.3. The molecule has 0 spiro atoms. The number of hydrogen-bond acceptors (Lipinski definition) is 3. The lowest BCUT2D eigenvalue weighted by Crippen LogP contribution is -2.41. The molecule has 2 N–H and O–H groups in total. The van der Waals surface area contributed by atoms with E-state index >= 15 is 0 Å². The number of hydrogen-bond donors (Lipinski definition) is 2. The first-order valence-corrected chi connectivity index (χ1v) is 7.60. The van der Waals surface area contributed by atoms with E-state index in [9.17, 15) is 14.3 Å². The van der Waals surface area contributed by atoms with Gasteiger partial charge in [0.1, 0.15) is 11.6 Å². The molecule has 4 nitrogen and oxygen atoms in total. The largest absolute Gasteiger partial charge is 0.507 e. The van der Waals surface area contributed by atoms with Crippen molar-refractivity contribution < 1.29 is 14.3 Å². The van der Waals surface area contributed by atoms with Gasteiger partial charge in [-0.2, -0.15) is 0 Å². The van der Waals surface area contributed by atoms with Gasteiger partial charge >= 0.3 is 0 Å². The fraction of sp³-hybridized carbons (Fsp3) is 0.562. The third-order valence-corrected chi connectivity index (χ3v) is 3.85. The molecule has 0 bridgehead atoms. The minimum atomic E-state index is -0.507. The molecule has 0 aromatic heterocycles. The van der Waals surface area contributed by atoms with Crippen molar-refractivity contribution in [1.29, 1.82) is 0 Å². The van der Waals surface area contributed by atoms with Gasteiger partial charge in [0.15, 0.2) is 0 Å². The second kappa shape index (κ2) is 7.41. The number of aromatic hydroxyl groups is 1. The van der Waals surface area contributed by atoms with E-state index in [2.05, 4.69) is 5.32 Å². The van der Waals surface area contributed by atoms with Crippen LogP contribution in [0.5, 0.6) is 5.75 Å². The lowest BCUT2D eigenvalue weighted by atomic mass is 9.98. The topological polar surface area (TPSA) is 52.6 Å². The predicted octanol–water partition coefficient (Wildman–Crippen LogP) is 2.38. The fourth-order valence-electron chi connectivity index (χ4n) is 2.79. The molecule has 1 aliphatic heterocycles. The third kappa shape index (κ3) is 4.17. The monoisotopic (exact) mass is 294 g/mol. The Morgan fingerprint density at radius 2 is 2.33 bits per heavy atom. The second-order valence-corrected chi connectivity index (χ2v) is 5.63. The van der Waals surface area contributed by atoms with Crippen LogP contribution in [0.3, 0.4) is 0 Å². The number of nitrogens with zero attached hydrogens (tertiary/aromatic N) is 1. The zero-order chi connectivity index (χ0) is 15.2. The molecule has 1 amide bonds. The van der Waals surface area contributed by atoms with Gasteiger partial charge in [0, 0.05) is 13.1 Å². The molecule has 5 heteroatoms. The highest BCUT2D eigenvalue weighted by atomic mass is 19.1. The molecular weight excluding hydrogens is 271 g/mol. The van der Waals surface area contributed by atoms with E-state index in [1.165, 1.54) is 6.07 Å². The summed E-state index contributed by atoms with van der Waals surface area (Å²) in [6.45, 7) is 5.21. The molecule has 1 aromatic carbocycles. The summed E-state index contributed by atoms with van der Waals surface area (Å²) in [6, 6.07) is 3.50. The summed E-state index contributed by atoms with van der Waals surface area (Å²) in [7, 11) is 0. The number of piperidine rings is 1. The summed E-state index contributed by atoms with van der Waals surface area (Å²) >= 11 is 0. The molecule has 2 rings (SSSR count). The van der Waals surface area contributed by atoms with Crippen LogP contribution < -0.4 is 5.32 Å². The number of benzene rings is 1. The summed E-state index contributed by atoms with van der Waals surface area (Å²) in [5.41, 5.74) is 0.0484. The minimum Gasteiger partial charge on any atom is -0.507 e. The van der Waals surface area contributed by atoms with Gasteiger partial charge in [-0.25, -0.2) is 4.39 Å². The fourth-order valence-corrected chi connectivity index (χ4v) is 2.79. The molecule has 116 valence electrons. The van der Waals surface area contributed by atoms with E-state index in [0.717, 1.165) is 44.5 Å². The first kappa shape index (κ1) is 15.8. The van der Waals surface area contributed by atoms with Gasteiger partial charge < -0.3 is 15.3 Å². The van der Waals surface area contributed by atoms with Crippen LogP contribution in [0.15, 0.2) is 18.2 Å². The maximum absolute atomic E-state index is 13.3. The number of carbonyl (C=O) groups is 1. The Kier molecular flexibility index (Phi) is 5.56. The normalized spacial score (nSPS) is 18.5. The van der Waals surface area contributed by atoms with Gasteiger partial charge in [-0.15, -0.1) is 0 Å². The summed E-state index contributed by atoms with van der Waals surface area (Å²) in [5.74, 6) is -0.541. The van der Waals surface area contributed by atoms with Crippen molar-refractivity contribution in [1.82, 2.24) is 10.2 Å². The average molecular weight is 294 g/mol. The van der Waals surface area contributed by atoms with Crippen molar-refractivity contribution in [3.8, 4) is 5.75 Å². The molecule has 1 aromatic rings. The van der Waals surface area contributed by atoms with E-state index in [1.54, 1.807) is 4.90 Å². The molecule has 1 aliphatic rings. The lowest BCUT2D eigenvalue weighted by molar-refractivity contribution is 0.0715. The number of amides is 1. The van der Waals surface area contributed by atoms with Gasteiger partial charge in [-0.05, 0) is 56.5 Å². The number of nitrogens with one attached hydrogen (secondary N) is 1. The molecule has 1 heterocycles. The van der Waals surface area contributed by atoms with Crippen LogP contribution in [0, 0.1) is 11.7 Å². The highest BCUT2D eigenvalue weighted by Gasteiger charge is 2.23. The first-order chi connectivity index (χ1) is 10.1. The van der Waals surface area contributed by atoms with E-state index < -0.39 is 5.82 Å². The number of phenolic OH excluding ortho intramolecular Hbond substituents is 1. The number of phenols is 1. The van der Waals surface area contributed by atoms with Crippen LogP contribution in [-0.4, -0.2) is 42.1 Å². The third-order valence-electron chi connectivity index (χ3n) is 3.85. The zero-order valence-corrected chi connectivity index (χ0v) is 12.4. The first-order valence-electron chi connectivity index (χ1n) is 7.60. The highest BCUT2D eigenvalue weighted by Crippen LogP contribution is 2.21. The molecule has 0 saturated carbocycles. The quantitative estimate of drug-likeness (QED) is 0.876. The second-order valence-electron chi connectivity index (χ2n) is 5.63. The highest BCUT2D eigenvalue weighted by molar-refractivity contribution is 5.96. The molecule has 0 aliphatic carbocycles. The van der Waals surface area contributed by atoms with Gasteiger partial charge in [0.05, 0.1) is 5.56 Å². The van der Waals surface area contributed by atoms with Gasteiger partial charge in [0.25, 0.3) is 5.91 Å². The van der Waals surface area contributed by atoms with E-state index in [-0.39, 0.29) is 17.2 Å². The van der Waals surface area contributed by atoms with Crippen LogP contribution in [0.2, 0.25) is 0 Å². The van der Waals surface area contributed by atoms with E-state index in [1.807, 2.05) is 6.92 Å². The van der Waals surface area contributed by atoms with Crippen molar-refractivity contribution >= 4 is 5.91 Å². The van der Waals surface area contributed by atoms with Crippen LogP contribution in [0.25, 0.3) is 0 Å². The van der Waals surface area contributed by atoms with Crippen LogP contribution in [0.4, 0.5) is 4.39 Å². The number of halogens is 1.